The van der Waals surface area contributed by atoms with Crippen molar-refractivity contribution in [3.63, 3.8) is 0 Å². The number of ketones is 1. The van der Waals surface area contributed by atoms with E-state index in [2.05, 4.69) is 6.92 Å². The summed E-state index contributed by atoms with van der Waals surface area (Å²) in [6, 6.07) is 0. The fourth-order valence-electron chi connectivity index (χ4n) is 3.76. The molecule has 1 saturated carbocycles. The van der Waals surface area contributed by atoms with Crippen LogP contribution in [0.1, 0.15) is 90.9 Å². The van der Waals surface area contributed by atoms with Crippen molar-refractivity contribution >= 4 is 11.8 Å². The monoisotopic (exact) mass is 352 g/mol. The summed E-state index contributed by atoms with van der Waals surface area (Å²) in [7, 11) is 0. The van der Waals surface area contributed by atoms with Crippen molar-refractivity contribution in [2.24, 2.45) is 11.8 Å². The second kappa shape index (κ2) is 11.5. The summed E-state index contributed by atoms with van der Waals surface area (Å²) in [6.07, 6.45) is 13.9. The van der Waals surface area contributed by atoms with Gasteiger partial charge in [-0.1, -0.05) is 38.3 Å². The molecule has 0 aromatic heterocycles. The fraction of sp³-hybridized carbons (Fsp3) is 0.810. The van der Waals surface area contributed by atoms with Gasteiger partial charge < -0.3 is 10.2 Å². The Morgan fingerprint density at radius 2 is 2.00 bits per heavy atom. The molecule has 1 rings (SSSR count). The van der Waals surface area contributed by atoms with Gasteiger partial charge in [0.2, 0.25) is 0 Å². The maximum atomic E-state index is 12.2. The van der Waals surface area contributed by atoms with E-state index in [1.54, 1.807) is 0 Å². The van der Waals surface area contributed by atoms with Gasteiger partial charge in [-0.3, -0.25) is 9.59 Å². The van der Waals surface area contributed by atoms with Crippen molar-refractivity contribution in [2.45, 2.75) is 96.5 Å². The van der Waals surface area contributed by atoms with Crippen LogP contribution in [0.15, 0.2) is 12.2 Å². The zero-order chi connectivity index (χ0) is 18.7. The molecule has 25 heavy (non-hydrogen) atoms. The summed E-state index contributed by atoms with van der Waals surface area (Å²) < 4.78 is 0. The molecule has 0 aromatic carbocycles. The molecule has 0 heterocycles. The van der Waals surface area contributed by atoms with E-state index in [0.29, 0.717) is 24.5 Å². The largest absolute Gasteiger partial charge is 0.481 e. The zero-order valence-electron chi connectivity index (χ0n) is 16.0. The maximum Gasteiger partial charge on any atom is 0.303 e. The molecule has 0 bridgehead atoms. The third-order valence-corrected chi connectivity index (χ3v) is 5.43. The molecule has 0 radical (unpaired) electrons. The molecule has 0 spiro atoms. The predicted molar refractivity (Wildman–Crippen MR) is 100 cm³/mol. The van der Waals surface area contributed by atoms with Crippen LogP contribution in [0.25, 0.3) is 0 Å². The molecule has 0 aliphatic heterocycles. The van der Waals surface area contributed by atoms with Crippen LogP contribution in [0.4, 0.5) is 0 Å². The van der Waals surface area contributed by atoms with Crippen LogP contribution in [0.5, 0.6) is 0 Å². The van der Waals surface area contributed by atoms with Gasteiger partial charge in [0.25, 0.3) is 0 Å². The van der Waals surface area contributed by atoms with Gasteiger partial charge in [-0.05, 0) is 57.8 Å². The molecule has 1 fully saturated rings. The molecular formula is C21H36O4. The van der Waals surface area contributed by atoms with Crippen molar-refractivity contribution in [2.75, 3.05) is 0 Å². The van der Waals surface area contributed by atoms with Gasteiger partial charge in [0.15, 0.2) is 0 Å². The number of Topliss-reactive ketones (excluding diaryl/α,β-unsaturated/α-hetero) is 1. The van der Waals surface area contributed by atoms with E-state index in [1.807, 2.05) is 19.1 Å². The van der Waals surface area contributed by atoms with Gasteiger partial charge in [-0.25, -0.2) is 0 Å². The molecule has 0 saturated heterocycles. The molecule has 1 aliphatic rings. The Balaban J connectivity index is 2.36. The van der Waals surface area contributed by atoms with Crippen LogP contribution in [0, 0.1) is 11.8 Å². The number of rotatable bonds is 13. The van der Waals surface area contributed by atoms with E-state index in [-0.39, 0.29) is 12.3 Å². The second-order valence-corrected chi connectivity index (χ2v) is 7.86. The molecule has 4 nitrogen and oxygen atoms in total. The second-order valence-electron chi connectivity index (χ2n) is 7.86. The van der Waals surface area contributed by atoms with Crippen molar-refractivity contribution < 1.29 is 19.8 Å². The van der Waals surface area contributed by atoms with E-state index in [1.165, 1.54) is 0 Å². The Hall–Kier alpha value is -1.16. The number of carboxylic acid groups (broad SMARTS) is 1. The van der Waals surface area contributed by atoms with Crippen LogP contribution in [0.2, 0.25) is 0 Å². The predicted octanol–water partition coefficient (Wildman–Crippen LogP) is 4.89. The summed E-state index contributed by atoms with van der Waals surface area (Å²) in [6.45, 7) is 4.09. The number of carbonyl (C=O) groups excluding carboxylic acids is 1. The molecular weight excluding hydrogens is 316 g/mol. The molecule has 1 unspecified atom stereocenters. The lowest BCUT2D eigenvalue weighted by molar-refractivity contribution is -0.137. The number of aliphatic hydroxyl groups is 1. The van der Waals surface area contributed by atoms with E-state index in [4.69, 9.17) is 5.11 Å². The van der Waals surface area contributed by atoms with Crippen LogP contribution < -0.4 is 0 Å². The average molecular weight is 353 g/mol. The number of hydrogen-bond donors (Lipinski definition) is 2. The topological polar surface area (TPSA) is 74.6 Å². The Morgan fingerprint density at radius 1 is 1.24 bits per heavy atom. The van der Waals surface area contributed by atoms with Crippen LogP contribution in [-0.4, -0.2) is 27.6 Å². The van der Waals surface area contributed by atoms with E-state index < -0.39 is 11.6 Å². The van der Waals surface area contributed by atoms with Crippen molar-refractivity contribution in [3.8, 4) is 0 Å². The third kappa shape index (κ3) is 9.20. The highest BCUT2D eigenvalue weighted by Crippen LogP contribution is 2.37. The minimum absolute atomic E-state index is 0.0853. The number of aliphatic carboxylic acids is 1. The lowest BCUT2D eigenvalue weighted by Gasteiger charge is -2.26. The van der Waals surface area contributed by atoms with E-state index >= 15 is 0 Å². The summed E-state index contributed by atoms with van der Waals surface area (Å²) in [5, 5.41) is 19.1. The molecule has 2 N–H and O–H groups in total. The van der Waals surface area contributed by atoms with Gasteiger partial charge >= 0.3 is 5.97 Å². The Kier molecular flexibility index (Phi) is 10.0. The highest BCUT2D eigenvalue weighted by molar-refractivity contribution is 5.83. The third-order valence-electron chi connectivity index (χ3n) is 5.43. The van der Waals surface area contributed by atoms with Gasteiger partial charge in [0.05, 0.1) is 5.60 Å². The molecule has 0 amide bonds. The first kappa shape index (κ1) is 21.9. The normalized spacial score (nSPS) is 23.2. The first-order valence-corrected chi connectivity index (χ1v) is 9.97. The molecule has 1 aliphatic carbocycles. The smallest absolute Gasteiger partial charge is 0.303 e. The molecule has 4 heteroatoms. The summed E-state index contributed by atoms with van der Waals surface area (Å²) in [4.78, 5) is 22.6. The van der Waals surface area contributed by atoms with Gasteiger partial charge in [0, 0.05) is 18.8 Å². The van der Waals surface area contributed by atoms with Crippen LogP contribution in [0.3, 0.4) is 0 Å². The lowest BCUT2D eigenvalue weighted by atomic mass is 9.83. The molecule has 0 aromatic rings. The SMILES string of the molecule is CCCCCC(C)(O)CC[C@H]1CCC(=O)[C@@H]1CC=CCCCC(=O)O. The number of hydrogen-bond acceptors (Lipinski definition) is 3. The first-order chi connectivity index (χ1) is 11.9. The van der Waals surface area contributed by atoms with E-state index in [9.17, 15) is 14.7 Å². The number of carboxylic acids is 1. The van der Waals surface area contributed by atoms with Crippen molar-refractivity contribution in [1.29, 1.82) is 0 Å². The summed E-state index contributed by atoms with van der Waals surface area (Å²) in [5.41, 5.74) is -0.613. The van der Waals surface area contributed by atoms with Crippen molar-refractivity contribution in [1.82, 2.24) is 0 Å². The number of allylic oxidation sites excluding steroid dienone is 2. The van der Waals surface area contributed by atoms with Gasteiger partial charge in [0.1, 0.15) is 5.78 Å². The average Bonchev–Trinajstić information content (AvgIpc) is 2.89. The Labute approximate surface area is 152 Å². The molecule has 3 atom stereocenters. The minimum atomic E-state index is -0.759. The highest BCUT2D eigenvalue weighted by atomic mass is 16.4. The Bertz CT molecular complexity index is 439. The first-order valence-electron chi connectivity index (χ1n) is 9.97. The highest BCUT2D eigenvalue weighted by Gasteiger charge is 2.34. The minimum Gasteiger partial charge on any atom is -0.481 e. The maximum absolute atomic E-state index is 12.2. The van der Waals surface area contributed by atoms with Crippen molar-refractivity contribution in [3.05, 3.63) is 12.2 Å². The summed E-state index contributed by atoms with van der Waals surface area (Å²) in [5.74, 6) is 0.0622. The van der Waals surface area contributed by atoms with Crippen LogP contribution >= 0.6 is 0 Å². The van der Waals surface area contributed by atoms with Crippen LogP contribution in [-0.2, 0) is 9.59 Å². The van der Waals surface area contributed by atoms with Gasteiger partial charge in [-0.15, -0.1) is 0 Å². The zero-order valence-corrected chi connectivity index (χ0v) is 16.0. The standard InChI is InChI=1S/C21H36O4/c1-3-4-9-15-21(2,25)16-14-17-12-13-19(22)18(17)10-7-5-6-8-11-20(23)24/h5,7,17-18,25H,3-4,6,8-16H2,1-2H3,(H,23,24)/t17-,18-,21?/m1/s1. The quantitative estimate of drug-likeness (QED) is 0.365. The number of unbranched alkanes of at least 4 members (excludes halogenated alkanes) is 3. The lowest BCUT2D eigenvalue weighted by Crippen LogP contribution is -2.26. The number of carbonyl (C=O) groups is 2. The summed E-state index contributed by atoms with van der Waals surface area (Å²) >= 11 is 0. The fourth-order valence-corrected chi connectivity index (χ4v) is 3.76. The Morgan fingerprint density at radius 3 is 2.68 bits per heavy atom. The van der Waals surface area contributed by atoms with Gasteiger partial charge in [-0.2, -0.15) is 0 Å². The van der Waals surface area contributed by atoms with E-state index in [0.717, 1.165) is 57.8 Å². The molecule has 144 valence electrons.